The number of hydrogen-bond acceptors (Lipinski definition) is 3. The van der Waals surface area contributed by atoms with Gasteiger partial charge in [-0.25, -0.2) is 4.39 Å². The molecule has 0 atom stereocenters. The minimum atomic E-state index is -0.245. The molecule has 0 aliphatic heterocycles. The minimum absolute atomic E-state index is 0.245. The average Bonchev–Trinajstić information content (AvgIpc) is 3.16. The van der Waals surface area contributed by atoms with Gasteiger partial charge in [0.2, 0.25) is 0 Å². The lowest BCUT2D eigenvalue weighted by Gasteiger charge is -2.01. The maximum absolute atomic E-state index is 12.9. The van der Waals surface area contributed by atoms with Gasteiger partial charge >= 0.3 is 0 Å². The Balaban J connectivity index is 1.52. The number of furan rings is 2. The summed E-state index contributed by atoms with van der Waals surface area (Å²) in [6.45, 7) is 1.47. The average molecular weight is 285 g/mol. The first-order valence-electron chi connectivity index (χ1n) is 6.89. The van der Waals surface area contributed by atoms with E-state index in [9.17, 15) is 4.39 Å². The summed E-state index contributed by atoms with van der Waals surface area (Å²) >= 11 is 0. The molecule has 0 aliphatic rings. The van der Waals surface area contributed by atoms with Crippen LogP contribution in [0.4, 0.5) is 4.39 Å². The van der Waals surface area contributed by atoms with Crippen molar-refractivity contribution in [1.29, 1.82) is 0 Å². The number of benzene rings is 1. The minimum Gasteiger partial charge on any atom is -0.469 e. The second kappa shape index (κ2) is 6.41. The molecule has 0 bridgehead atoms. The third-order valence-electron chi connectivity index (χ3n) is 3.22. The lowest BCUT2D eigenvalue weighted by atomic mass is 10.2. The van der Waals surface area contributed by atoms with Crippen LogP contribution in [0.25, 0.3) is 11.3 Å². The molecule has 0 spiro atoms. The predicted molar refractivity (Wildman–Crippen MR) is 78.2 cm³/mol. The Hall–Kier alpha value is -2.33. The fourth-order valence-corrected chi connectivity index (χ4v) is 2.12. The molecule has 0 saturated heterocycles. The SMILES string of the molecule is Fc1ccc(-c2ccc(CNCCc3ccco3)o2)cc1. The van der Waals surface area contributed by atoms with Gasteiger partial charge < -0.3 is 14.2 Å². The molecule has 0 amide bonds. The Bertz CT molecular complexity index is 671. The molecular formula is C17H16FNO2. The van der Waals surface area contributed by atoms with Gasteiger partial charge in [-0.3, -0.25) is 0 Å². The van der Waals surface area contributed by atoms with Gasteiger partial charge in [-0.15, -0.1) is 0 Å². The third-order valence-corrected chi connectivity index (χ3v) is 3.22. The van der Waals surface area contributed by atoms with E-state index in [1.165, 1.54) is 12.1 Å². The van der Waals surface area contributed by atoms with Crippen molar-refractivity contribution in [1.82, 2.24) is 5.32 Å². The molecule has 108 valence electrons. The fourth-order valence-electron chi connectivity index (χ4n) is 2.12. The summed E-state index contributed by atoms with van der Waals surface area (Å²) in [5.74, 6) is 2.32. The van der Waals surface area contributed by atoms with Crippen molar-refractivity contribution in [3.63, 3.8) is 0 Å². The van der Waals surface area contributed by atoms with Crippen LogP contribution in [-0.2, 0) is 13.0 Å². The predicted octanol–water partition coefficient (Wildman–Crippen LogP) is 4.01. The summed E-state index contributed by atoms with van der Waals surface area (Å²) in [4.78, 5) is 0. The Morgan fingerprint density at radius 1 is 0.952 bits per heavy atom. The van der Waals surface area contributed by atoms with Crippen LogP contribution in [0.2, 0.25) is 0 Å². The number of nitrogens with one attached hydrogen (secondary N) is 1. The van der Waals surface area contributed by atoms with Gasteiger partial charge in [0.15, 0.2) is 0 Å². The maximum Gasteiger partial charge on any atom is 0.134 e. The van der Waals surface area contributed by atoms with E-state index in [1.807, 2.05) is 24.3 Å². The van der Waals surface area contributed by atoms with E-state index in [-0.39, 0.29) is 5.82 Å². The number of rotatable bonds is 6. The number of hydrogen-bond donors (Lipinski definition) is 1. The molecule has 1 N–H and O–H groups in total. The van der Waals surface area contributed by atoms with Crippen molar-refractivity contribution in [2.75, 3.05) is 6.54 Å². The van der Waals surface area contributed by atoms with Gasteiger partial charge in [0.1, 0.15) is 23.1 Å². The molecule has 3 nitrogen and oxygen atoms in total. The van der Waals surface area contributed by atoms with E-state index in [4.69, 9.17) is 8.83 Å². The summed E-state index contributed by atoms with van der Waals surface area (Å²) in [5.41, 5.74) is 0.873. The lowest BCUT2D eigenvalue weighted by Crippen LogP contribution is -2.15. The monoisotopic (exact) mass is 285 g/mol. The molecule has 2 heterocycles. The first-order chi connectivity index (χ1) is 10.3. The third kappa shape index (κ3) is 3.61. The van der Waals surface area contributed by atoms with E-state index in [1.54, 1.807) is 18.4 Å². The zero-order valence-corrected chi connectivity index (χ0v) is 11.5. The van der Waals surface area contributed by atoms with E-state index < -0.39 is 0 Å². The molecular weight excluding hydrogens is 269 g/mol. The van der Waals surface area contributed by atoms with Crippen molar-refractivity contribution in [2.45, 2.75) is 13.0 Å². The molecule has 1 aromatic carbocycles. The highest BCUT2D eigenvalue weighted by molar-refractivity contribution is 5.57. The largest absolute Gasteiger partial charge is 0.469 e. The van der Waals surface area contributed by atoms with Gasteiger partial charge in [-0.05, 0) is 48.5 Å². The van der Waals surface area contributed by atoms with E-state index in [2.05, 4.69) is 5.32 Å². The lowest BCUT2D eigenvalue weighted by molar-refractivity contribution is 0.474. The fraction of sp³-hybridized carbons (Fsp3) is 0.176. The smallest absolute Gasteiger partial charge is 0.134 e. The summed E-state index contributed by atoms with van der Waals surface area (Å²) in [7, 11) is 0. The van der Waals surface area contributed by atoms with Gasteiger partial charge in [-0.2, -0.15) is 0 Å². The Morgan fingerprint density at radius 3 is 2.57 bits per heavy atom. The highest BCUT2D eigenvalue weighted by Crippen LogP contribution is 2.22. The Morgan fingerprint density at radius 2 is 1.81 bits per heavy atom. The van der Waals surface area contributed by atoms with Crippen LogP contribution in [0.15, 0.2) is 63.6 Å². The van der Waals surface area contributed by atoms with Crippen LogP contribution < -0.4 is 5.32 Å². The van der Waals surface area contributed by atoms with E-state index in [0.717, 1.165) is 35.8 Å². The molecule has 0 fully saturated rings. The highest BCUT2D eigenvalue weighted by Gasteiger charge is 2.05. The molecule has 0 unspecified atom stereocenters. The zero-order chi connectivity index (χ0) is 14.5. The van der Waals surface area contributed by atoms with Crippen LogP contribution in [0.3, 0.4) is 0 Å². The normalized spacial score (nSPS) is 10.9. The second-order valence-electron chi connectivity index (χ2n) is 4.78. The van der Waals surface area contributed by atoms with Crippen LogP contribution in [0.1, 0.15) is 11.5 Å². The summed E-state index contributed by atoms with van der Waals surface area (Å²) < 4.78 is 23.9. The van der Waals surface area contributed by atoms with Crippen molar-refractivity contribution in [3.8, 4) is 11.3 Å². The second-order valence-corrected chi connectivity index (χ2v) is 4.78. The van der Waals surface area contributed by atoms with Crippen molar-refractivity contribution in [2.24, 2.45) is 0 Å². The van der Waals surface area contributed by atoms with Crippen LogP contribution >= 0.6 is 0 Å². The summed E-state index contributed by atoms with van der Waals surface area (Å²) in [6, 6.07) is 14.0. The quantitative estimate of drug-likeness (QED) is 0.695. The molecule has 2 aromatic heterocycles. The molecule has 3 rings (SSSR count). The number of halogens is 1. The van der Waals surface area contributed by atoms with Gasteiger partial charge in [0.25, 0.3) is 0 Å². The molecule has 4 heteroatoms. The van der Waals surface area contributed by atoms with Gasteiger partial charge in [0.05, 0.1) is 12.8 Å². The first-order valence-corrected chi connectivity index (χ1v) is 6.89. The Labute approximate surface area is 122 Å². The van der Waals surface area contributed by atoms with Crippen molar-refractivity contribution in [3.05, 3.63) is 72.1 Å². The topological polar surface area (TPSA) is 38.3 Å². The van der Waals surface area contributed by atoms with E-state index in [0.29, 0.717) is 6.54 Å². The zero-order valence-electron chi connectivity index (χ0n) is 11.5. The highest BCUT2D eigenvalue weighted by atomic mass is 19.1. The van der Waals surface area contributed by atoms with Crippen LogP contribution in [0, 0.1) is 5.82 Å². The molecule has 3 aromatic rings. The van der Waals surface area contributed by atoms with Crippen molar-refractivity contribution < 1.29 is 13.2 Å². The maximum atomic E-state index is 12.9. The molecule has 0 aliphatic carbocycles. The van der Waals surface area contributed by atoms with Gasteiger partial charge in [0, 0.05) is 18.5 Å². The van der Waals surface area contributed by atoms with E-state index >= 15 is 0 Å². The Kier molecular flexibility index (Phi) is 4.17. The molecule has 0 radical (unpaired) electrons. The molecule has 21 heavy (non-hydrogen) atoms. The summed E-state index contributed by atoms with van der Waals surface area (Å²) in [6.07, 6.45) is 2.52. The van der Waals surface area contributed by atoms with Crippen molar-refractivity contribution >= 4 is 0 Å². The first kappa shape index (κ1) is 13.6. The standard InChI is InChI=1S/C17H16FNO2/c18-14-5-3-13(4-6-14)17-8-7-16(21-17)12-19-10-9-15-2-1-11-20-15/h1-8,11,19H,9-10,12H2. The van der Waals surface area contributed by atoms with Crippen LogP contribution in [0.5, 0.6) is 0 Å². The molecule has 0 saturated carbocycles. The summed E-state index contributed by atoms with van der Waals surface area (Å²) in [5, 5.41) is 3.30. The van der Waals surface area contributed by atoms with Crippen LogP contribution in [-0.4, -0.2) is 6.54 Å². The van der Waals surface area contributed by atoms with Gasteiger partial charge in [-0.1, -0.05) is 0 Å².